The van der Waals surface area contributed by atoms with Gasteiger partial charge < -0.3 is 14.6 Å². The van der Waals surface area contributed by atoms with Gasteiger partial charge in [0.25, 0.3) is 5.92 Å². The molecular weight excluding hydrogens is 322 g/mol. The van der Waals surface area contributed by atoms with Crippen molar-refractivity contribution >= 4 is 5.97 Å². The van der Waals surface area contributed by atoms with Gasteiger partial charge in [-0.1, -0.05) is 0 Å². The smallest absolute Gasteiger partial charge is 0.356 e. The molecule has 0 aliphatic carbocycles. The molecule has 0 radical (unpaired) electrons. The molecule has 0 fully saturated rings. The Kier molecular flexibility index (Phi) is 3.90. The molecule has 1 aliphatic heterocycles. The van der Waals surface area contributed by atoms with Crippen LogP contribution in [-0.2, 0) is 13.0 Å². The highest BCUT2D eigenvalue weighted by molar-refractivity contribution is 5.87. The monoisotopic (exact) mass is 338 g/mol. The minimum absolute atomic E-state index is 0.161. The minimum atomic E-state index is -3.15. The number of rotatable bonds is 3. The quantitative estimate of drug-likeness (QED) is 0.931. The summed E-state index contributed by atoms with van der Waals surface area (Å²) in [5.74, 6) is -3.76. The fourth-order valence-electron chi connectivity index (χ4n) is 2.61. The van der Waals surface area contributed by atoms with Gasteiger partial charge >= 0.3 is 5.97 Å². The van der Waals surface area contributed by atoms with Crippen LogP contribution in [0, 0.1) is 0 Å². The van der Waals surface area contributed by atoms with Crippen LogP contribution >= 0.6 is 0 Å². The van der Waals surface area contributed by atoms with Crippen molar-refractivity contribution in [3.05, 3.63) is 29.5 Å². The van der Waals surface area contributed by atoms with Gasteiger partial charge in [0.15, 0.2) is 17.2 Å². The van der Waals surface area contributed by atoms with Crippen molar-refractivity contribution < 1.29 is 28.2 Å². The van der Waals surface area contributed by atoms with Crippen LogP contribution in [0.5, 0.6) is 11.5 Å². The van der Waals surface area contributed by atoms with Crippen LogP contribution in [0.25, 0.3) is 11.3 Å². The number of carboxylic acid groups (broad SMARTS) is 1. The molecule has 1 aromatic heterocycles. The highest BCUT2D eigenvalue weighted by Gasteiger charge is 2.32. The predicted octanol–water partition coefficient (Wildman–Crippen LogP) is 3.06. The Morgan fingerprint density at radius 1 is 1.25 bits per heavy atom. The molecule has 1 aromatic carbocycles. The Hall–Kier alpha value is -2.64. The molecule has 8 heteroatoms. The molecule has 1 aliphatic rings. The molecule has 0 amide bonds. The van der Waals surface area contributed by atoms with Crippen molar-refractivity contribution in [2.45, 2.75) is 19.3 Å². The number of alkyl halides is 2. The zero-order valence-electron chi connectivity index (χ0n) is 13.2. The summed E-state index contributed by atoms with van der Waals surface area (Å²) in [5, 5.41) is 12.9. The van der Waals surface area contributed by atoms with E-state index in [1.165, 1.54) is 29.9 Å². The normalized spacial score (nSPS) is 14.3. The van der Waals surface area contributed by atoms with E-state index in [1.807, 2.05) is 0 Å². The number of fused-ring (bicyclic) bond motifs is 1. The molecular formula is C16H16F2N2O4. The van der Waals surface area contributed by atoms with E-state index in [-0.39, 0.29) is 28.3 Å². The van der Waals surface area contributed by atoms with Crippen molar-refractivity contribution in [3.63, 3.8) is 0 Å². The maximum Gasteiger partial charge on any atom is 0.356 e. The number of carbonyl (C=O) groups is 1. The van der Waals surface area contributed by atoms with Crippen molar-refractivity contribution in [1.82, 2.24) is 9.78 Å². The van der Waals surface area contributed by atoms with Crippen LogP contribution < -0.4 is 9.47 Å². The third-order valence-corrected chi connectivity index (χ3v) is 3.74. The van der Waals surface area contributed by atoms with E-state index in [9.17, 15) is 13.6 Å². The van der Waals surface area contributed by atoms with Gasteiger partial charge in [-0.15, -0.1) is 0 Å². The fraction of sp³-hybridized carbons (Fsp3) is 0.375. The SMILES string of the molecule is Cn1nc(C(=O)O)cc1-c1cc2c(cc1C(C)(F)F)OCCCO2. The van der Waals surface area contributed by atoms with Gasteiger partial charge in [0.1, 0.15) is 0 Å². The number of halogens is 2. The molecule has 128 valence electrons. The lowest BCUT2D eigenvalue weighted by Crippen LogP contribution is -2.11. The van der Waals surface area contributed by atoms with E-state index in [1.54, 1.807) is 0 Å². The topological polar surface area (TPSA) is 73.6 Å². The molecule has 0 bridgehead atoms. The first kappa shape index (κ1) is 16.2. The molecule has 3 rings (SSSR count). The van der Waals surface area contributed by atoms with Crippen LogP contribution in [0.1, 0.15) is 29.4 Å². The molecule has 0 atom stereocenters. The van der Waals surface area contributed by atoms with Gasteiger partial charge in [-0.2, -0.15) is 5.10 Å². The number of aryl methyl sites for hydroxylation is 1. The van der Waals surface area contributed by atoms with E-state index in [0.717, 1.165) is 6.92 Å². The summed E-state index contributed by atoms with van der Waals surface area (Å²) in [6.45, 7) is 1.58. The first-order valence-electron chi connectivity index (χ1n) is 7.37. The molecule has 24 heavy (non-hydrogen) atoms. The summed E-state index contributed by atoms with van der Waals surface area (Å²) in [6.07, 6.45) is 0.650. The van der Waals surface area contributed by atoms with Gasteiger partial charge in [-0.05, 0) is 18.2 Å². The van der Waals surface area contributed by atoms with Gasteiger partial charge in [0.05, 0.1) is 18.9 Å². The maximum atomic E-state index is 14.1. The van der Waals surface area contributed by atoms with E-state index < -0.39 is 11.9 Å². The molecule has 0 saturated carbocycles. The lowest BCUT2D eigenvalue weighted by molar-refractivity contribution is 0.0177. The summed E-state index contributed by atoms with van der Waals surface area (Å²) >= 11 is 0. The molecule has 0 saturated heterocycles. The average Bonchev–Trinajstić information content (AvgIpc) is 2.74. The first-order chi connectivity index (χ1) is 11.3. The first-order valence-corrected chi connectivity index (χ1v) is 7.37. The van der Waals surface area contributed by atoms with E-state index in [0.29, 0.717) is 25.4 Å². The summed E-state index contributed by atoms with van der Waals surface area (Å²) in [5.41, 5.74) is -0.0644. The van der Waals surface area contributed by atoms with Crippen LogP contribution in [0.15, 0.2) is 18.2 Å². The second-order valence-electron chi connectivity index (χ2n) is 5.63. The van der Waals surface area contributed by atoms with E-state index >= 15 is 0 Å². The number of nitrogens with zero attached hydrogens (tertiary/aromatic N) is 2. The summed E-state index contributed by atoms with van der Waals surface area (Å²) in [4.78, 5) is 11.1. The van der Waals surface area contributed by atoms with Crippen molar-refractivity contribution in [2.75, 3.05) is 13.2 Å². The van der Waals surface area contributed by atoms with Crippen molar-refractivity contribution in [1.29, 1.82) is 0 Å². The molecule has 6 nitrogen and oxygen atoms in total. The number of aromatic carboxylic acids is 1. The van der Waals surface area contributed by atoms with E-state index in [4.69, 9.17) is 14.6 Å². The molecule has 2 heterocycles. The summed E-state index contributed by atoms with van der Waals surface area (Å²) < 4.78 is 40.5. The highest BCUT2D eigenvalue weighted by Crippen LogP contribution is 2.43. The number of ether oxygens (including phenoxy) is 2. The lowest BCUT2D eigenvalue weighted by Gasteiger charge is -2.19. The minimum Gasteiger partial charge on any atom is -0.490 e. The van der Waals surface area contributed by atoms with Gasteiger partial charge in [0, 0.05) is 31.5 Å². The third-order valence-electron chi connectivity index (χ3n) is 3.74. The van der Waals surface area contributed by atoms with Crippen molar-refractivity contribution in [3.8, 4) is 22.8 Å². The average molecular weight is 338 g/mol. The zero-order valence-corrected chi connectivity index (χ0v) is 13.2. The third kappa shape index (κ3) is 2.91. The second kappa shape index (κ2) is 5.77. The number of hydrogen-bond acceptors (Lipinski definition) is 4. The molecule has 1 N–H and O–H groups in total. The number of hydrogen-bond donors (Lipinski definition) is 1. The van der Waals surface area contributed by atoms with Gasteiger partial charge in [0.2, 0.25) is 0 Å². The van der Waals surface area contributed by atoms with Crippen LogP contribution in [0.3, 0.4) is 0 Å². The number of aromatic nitrogens is 2. The Morgan fingerprint density at radius 2 is 1.88 bits per heavy atom. The van der Waals surface area contributed by atoms with Crippen LogP contribution in [-0.4, -0.2) is 34.1 Å². The largest absolute Gasteiger partial charge is 0.490 e. The Labute approximate surface area is 136 Å². The molecule has 2 aromatic rings. The number of carboxylic acids is 1. The summed E-state index contributed by atoms with van der Waals surface area (Å²) in [7, 11) is 1.50. The van der Waals surface area contributed by atoms with E-state index in [2.05, 4.69) is 5.10 Å². The fourth-order valence-corrected chi connectivity index (χ4v) is 2.61. The zero-order chi connectivity index (χ0) is 17.5. The van der Waals surface area contributed by atoms with Crippen LogP contribution in [0.2, 0.25) is 0 Å². The summed E-state index contributed by atoms with van der Waals surface area (Å²) in [6, 6.07) is 3.97. The standard InChI is InChI=1S/C16H16F2N2O4/c1-16(17,18)10-7-14-13(23-4-3-5-24-14)6-9(10)12-8-11(15(21)22)19-20(12)2/h6-8H,3-5H2,1-2H3,(H,21,22). The lowest BCUT2D eigenvalue weighted by atomic mass is 9.98. The van der Waals surface area contributed by atoms with Gasteiger partial charge in [-0.3, -0.25) is 4.68 Å². The number of benzene rings is 1. The predicted molar refractivity (Wildman–Crippen MR) is 80.8 cm³/mol. The Bertz CT molecular complexity index is 796. The van der Waals surface area contributed by atoms with Crippen LogP contribution in [0.4, 0.5) is 8.78 Å². The van der Waals surface area contributed by atoms with Gasteiger partial charge in [-0.25, -0.2) is 13.6 Å². The highest BCUT2D eigenvalue weighted by atomic mass is 19.3. The Morgan fingerprint density at radius 3 is 2.42 bits per heavy atom. The molecule has 0 spiro atoms. The van der Waals surface area contributed by atoms with Crippen molar-refractivity contribution in [2.24, 2.45) is 7.05 Å². The second-order valence-corrected chi connectivity index (χ2v) is 5.63. The maximum absolute atomic E-state index is 14.1. The molecule has 0 unspecified atom stereocenters. The Balaban J connectivity index is 2.22.